The third kappa shape index (κ3) is 8.45. The molecule has 0 bridgehead atoms. The maximum atomic E-state index is 13.3. The first kappa shape index (κ1) is 36.6. The van der Waals surface area contributed by atoms with E-state index < -0.39 is 105 Å². The average molecular weight is 673 g/mol. The largest absolute Gasteiger partial charge is 0.508 e. The van der Waals surface area contributed by atoms with Crippen molar-refractivity contribution in [2.75, 3.05) is 19.8 Å². The minimum Gasteiger partial charge on any atom is -0.508 e. The molecule has 17 heteroatoms. The number of hydrogen-bond acceptors (Lipinski definition) is 17. The van der Waals surface area contributed by atoms with Crippen LogP contribution < -0.4 is 0 Å². The zero-order valence-electron chi connectivity index (χ0n) is 25.2. The smallest absolute Gasteiger partial charge is 0.337 e. The van der Waals surface area contributed by atoms with Gasteiger partial charge < -0.3 is 74.4 Å². The van der Waals surface area contributed by atoms with Crippen molar-refractivity contribution in [1.29, 1.82) is 0 Å². The molecule has 17 nitrogen and oxygen atoms in total. The van der Waals surface area contributed by atoms with Crippen LogP contribution in [0, 0.1) is 5.92 Å². The standard InChI is InChI=1S/C30H40O17/c1-2-15-16(9-20(34)46-29-25(39)23(37)21(35)18(10-31)44-29)17(27(41)42-8-7-13-3-5-14(33)6-4-13)12-43-28(15)47-30-26(40)24(38)22(36)19(11-32)45-30/h2-6,12,16,18-19,21-26,28-33,35-40H,7-11H2,1H3/b15-2+/t16-,18+,19+,21+,22+,23-,24-,25+,26+,28-,29-,30-/m0/s1. The minimum absolute atomic E-state index is 0.0630. The second-order valence-electron chi connectivity index (χ2n) is 11.2. The second kappa shape index (κ2) is 16.3. The van der Waals surface area contributed by atoms with Gasteiger partial charge in [-0.15, -0.1) is 0 Å². The first-order valence-electron chi connectivity index (χ1n) is 14.8. The van der Waals surface area contributed by atoms with Gasteiger partial charge in [0.05, 0.1) is 38.1 Å². The fraction of sp³-hybridized carbons (Fsp3) is 0.600. The molecule has 2 saturated heterocycles. The van der Waals surface area contributed by atoms with E-state index in [0.29, 0.717) is 0 Å². The Morgan fingerprint density at radius 1 is 0.830 bits per heavy atom. The van der Waals surface area contributed by atoms with E-state index in [1.807, 2.05) is 0 Å². The summed E-state index contributed by atoms with van der Waals surface area (Å²) in [5.74, 6) is -3.06. The van der Waals surface area contributed by atoms with E-state index in [1.165, 1.54) is 25.1 Å². The summed E-state index contributed by atoms with van der Waals surface area (Å²) in [6, 6.07) is 6.23. The Bertz CT molecular complexity index is 1260. The third-order valence-electron chi connectivity index (χ3n) is 8.07. The molecule has 0 amide bonds. The number of carbonyl (C=O) groups excluding carboxylic acids is 2. The number of ether oxygens (including phenoxy) is 6. The summed E-state index contributed by atoms with van der Waals surface area (Å²) in [7, 11) is 0. The Balaban J connectivity index is 1.53. The van der Waals surface area contributed by atoms with Crippen LogP contribution in [-0.2, 0) is 44.4 Å². The summed E-state index contributed by atoms with van der Waals surface area (Å²) >= 11 is 0. The molecule has 1 aromatic carbocycles. The molecule has 3 aliphatic rings. The van der Waals surface area contributed by atoms with Gasteiger partial charge in [-0.3, -0.25) is 4.79 Å². The maximum Gasteiger partial charge on any atom is 0.337 e. The van der Waals surface area contributed by atoms with Gasteiger partial charge in [-0.1, -0.05) is 18.2 Å². The lowest BCUT2D eigenvalue weighted by Gasteiger charge is -2.42. The molecular formula is C30H40O17. The lowest BCUT2D eigenvalue weighted by atomic mass is 9.86. The highest BCUT2D eigenvalue weighted by atomic mass is 16.8. The highest BCUT2D eigenvalue weighted by molar-refractivity contribution is 5.91. The maximum absolute atomic E-state index is 13.3. The average Bonchev–Trinajstić information content (AvgIpc) is 3.06. The van der Waals surface area contributed by atoms with Crippen molar-refractivity contribution in [3.05, 3.63) is 53.3 Å². The van der Waals surface area contributed by atoms with E-state index in [1.54, 1.807) is 12.1 Å². The van der Waals surface area contributed by atoms with Crippen molar-refractivity contribution in [1.82, 2.24) is 0 Å². The van der Waals surface area contributed by atoms with Gasteiger partial charge in [0.2, 0.25) is 12.6 Å². The fourth-order valence-corrected chi connectivity index (χ4v) is 5.32. The van der Waals surface area contributed by atoms with E-state index in [9.17, 15) is 55.5 Å². The van der Waals surface area contributed by atoms with E-state index in [0.717, 1.165) is 11.8 Å². The molecule has 0 unspecified atom stereocenters. The van der Waals surface area contributed by atoms with Crippen LogP contribution in [0.5, 0.6) is 5.75 Å². The summed E-state index contributed by atoms with van der Waals surface area (Å²) in [6.07, 6.45) is -16.1. The Labute approximate surface area is 268 Å². The molecule has 0 aliphatic carbocycles. The third-order valence-corrected chi connectivity index (χ3v) is 8.07. The van der Waals surface area contributed by atoms with Crippen LogP contribution in [0.25, 0.3) is 0 Å². The number of rotatable bonds is 11. The fourth-order valence-electron chi connectivity index (χ4n) is 5.32. The molecule has 9 N–H and O–H groups in total. The van der Waals surface area contributed by atoms with Crippen LogP contribution >= 0.6 is 0 Å². The molecule has 3 aliphatic heterocycles. The number of phenols is 1. The first-order valence-corrected chi connectivity index (χ1v) is 14.8. The number of esters is 2. The van der Waals surface area contributed by atoms with Crippen molar-refractivity contribution in [2.24, 2.45) is 5.92 Å². The first-order chi connectivity index (χ1) is 22.4. The van der Waals surface area contributed by atoms with E-state index in [2.05, 4.69) is 0 Å². The van der Waals surface area contributed by atoms with Crippen molar-refractivity contribution in [2.45, 2.75) is 87.5 Å². The van der Waals surface area contributed by atoms with E-state index in [4.69, 9.17) is 28.4 Å². The number of aromatic hydroxyl groups is 1. The molecule has 1 aromatic rings. The number of hydrogen-bond donors (Lipinski definition) is 9. The zero-order chi connectivity index (χ0) is 34.4. The van der Waals surface area contributed by atoms with Gasteiger partial charge in [-0.05, 0) is 24.6 Å². The Hall–Kier alpha value is -3.20. The predicted octanol–water partition coefficient (Wildman–Crippen LogP) is -3.17. The second-order valence-corrected chi connectivity index (χ2v) is 11.2. The number of phenolic OH excluding ortho intramolecular Hbond substituents is 1. The summed E-state index contributed by atoms with van der Waals surface area (Å²) in [5.41, 5.74) is 0.718. The van der Waals surface area contributed by atoms with Gasteiger partial charge in [0.15, 0.2) is 6.29 Å². The van der Waals surface area contributed by atoms with Crippen LogP contribution in [0.2, 0.25) is 0 Å². The minimum atomic E-state index is -1.88. The van der Waals surface area contributed by atoms with Gasteiger partial charge >= 0.3 is 11.9 Å². The molecule has 12 atom stereocenters. The number of aliphatic hydroxyl groups excluding tert-OH is 8. The normalized spacial score (nSPS) is 36.7. The van der Waals surface area contributed by atoms with E-state index in [-0.39, 0.29) is 29.9 Å². The van der Waals surface area contributed by atoms with Crippen LogP contribution in [0.1, 0.15) is 18.9 Å². The molecule has 2 fully saturated rings. The number of carbonyl (C=O) groups is 2. The Kier molecular flexibility index (Phi) is 12.7. The van der Waals surface area contributed by atoms with Crippen molar-refractivity contribution >= 4 is 11.9 Å². The van der Waals surface area contributed by atoms with Crippen LogP contribution in [0.3, 0.4) is 0 Å². The quantitative estimate of drug-likeness (QED) is 0.0828. The number of allylic oxidation sites excluding steroid dienone is 1. The summed E-state index contributed by atoms with van der Waals surface area (Å²) in [5, 5.41) is 89.6. The highest BCUT2D eigenvalue weighted by Gasteiger charge is 2.48. The van der Waals surface area contributed by atoms with Gasteiger partial charge in [0, 0.05) is 17.9 Å². The molecule has 262 valence electrons. The van der Waals surface area contributed by atoms with Crippen molar-refractivity contribution in [3.8, 4) is 5.75 Å². The number of aliphatic hydroxyl groups is 8. The monoisotopic (exact) mass is 672 g/mol. The molecule has 0 spiro atoms. The summed E-state index contributed by atoms with van der Waals surface area (Å²) in [6.45, 7) is -0.0584. The molecule has 0 aromatic heterocycles. The van der Waals surface area contributed by atoms with Crippen LogP contribution in [0.4, 0.5) is 0 Å². The molecule has 0 radical (unpaired) electrons. The van der Waals surface area contributed by atoms with Crippen molar-refractivity contribution in [3.63, 3.8) is 0 Å². The predicted molar refractivity (Wildman–Crippen MR) is 152 cm³/mol. The van der Waals surface area contributed by atoms with Gasteiger partial charge in [-0.2, -0.15) is 0 Å². The van der Waals surface area contributed by atoms with Gasteiger partial charge in [0.25, 0.3) is 0 Å². The van der Waals surface area contributed by atoms with Crippen LogP contribution in [-0.4, -0.2) is 145 Å². The molecule has 0 saturated carbocycles. The molecular weight excluding hydrogens is 632 g/mol. The molecule has 4 rings (SSSR count). The lowest BCUT2D eigenvalue weighted by molar-refractivity contribution is -0.327. The Morgan fingerprint density at radius 3 is 1.98 bits per heavy atom. The van der Waals surface area contributed by atoms with Gasteiger partial charge in [-0.25, -0.2) is 4.79 Å². The molecule has 47 heavy (non-hydrogen) atoms. The number of benzene rings is 1. The summed E-state index contributed by atoms with van der Waals surface area (Å²) < 4.78 is 32.7. The van der Waals surface area contributed by atoms with Crippen molar-refractivity contribution < 1.29 is 84.0 Å². The molecule has 3 heterocycles. The zero-order valence-corrected chi connectivity index (χ0v) is 25.2. The van der Waals surface area contributed by atoms with E-state index >= 15 is 0 Å². The summed E-state index contributed by atoms with van der Waals surface area (Å²) in [4.78, 5) is 26.5. The van der Waals surface area contributed by atoms with Crippen LogP contribution in [0.15, 0.2) is 47.7 Å². The van der Waals surface area contributed by atoms with Gasteiger partial charge in [0.1, 0.15) is 54.6 Å². The lowest BCUT2D eigenvalue weighted by Crippen LogP contribution is -2.60. The SMILES string of the molecule is C/C=C1/[C@H](O[C@@H]2O[C@H](CO)[C@@H](O)[C@H](O)[C@H]2O)OC=C(C(=O)OCCc2ccc(O)cc2)[C@H]1CC(=O)O[C@@H]1O[C@H](CO)[C@@H](O)[C@H](O)[C@H]1O. The highest BCUT2D eigenvalue weighted by Crippen LogP contribution is 2.37. The topological polar surface area (TPSA) is 272 Å². The Morgan fingerprint density at radius 2 is 1.40 bits per heavy atom.